The van der Waals surface area contributed by atoms with Gasteiger partial charge in [0.25, 0.3) is 0 Å². The molecule has 0 spiro atoms. The molecule has 0 unspecified atom stereocenters. The lowest BCUT2D eigenvalue weighted by molar-refractivity contribution is -0.646. The standard InChI is InChI=1S/C19H17NO/c1-14-3-12-19-16(13-14)7-9-17(20(19)2)8-4-15-5-10-18(21)11-6-15/h3-13H,1-2H3/p+1. The summed E-state index contributed by atoms with van der Waals surface area (Å²) in [6.07, 6.45) is 4.14. The number of benzene rings is 2. The predicted molar refractivity (Wildman–Crippen MR) is 86.9 cm³/mol. The Morgan fingerprint density at radius 2 is 1.67 bits per heavy atom. The van der Waals surface area contributed by atoms with Gasteiger partial charge in [0, 0.05) is 23.6 Å². The lowest BCUT2D eigenvalue weighted by Gasteiger charge is -2.01. The molecule has 0 aliphatic carbocycles. The van der Waals surface area contributed by atoms with E-state index < -0.39 is 0 Å². The molecule has 0 amide bonds. The summed E-state index contributed by atoms with van der Waals surface area (Å²) in [5, 5.41) is 10.5. The van der Waals surface area contributed by atoms with E-state index in [1.807, 2.05) is 12.1 Å². The van der Waals surface area contributed by atoms with Crippen LogP contribution in [0.5, 0.6) is 5.75 Å². The minimum Gasteiger partial charge on any atom is -0.508 e. The van der Waals surface area contributed by atoms with Gasteiger partial charge in [0.1, 0.15) is 12.8 Å². The number of aromatic nitrogens is 1. The lowest BCUT2D eigenvalue weighted by Crippen LogP contribution is -2.32. The third kappa shape index (κ3) is 2.79. The van der Waals surface area contributed by atoms with Crippen LogP contribution in [-0.2, 0) is 7.05 Å². The quantitative estimate of drug-likeness (QED) is 0.706. The van der Waals surface area contributed by atoms with Crippen LogP contribution in [0.2, 0.25) is 0 Å². The second-order valence-electron chi connectivity index (χ2n) is 5.30. The van der Waals surface area contributed by atoms with E-state index in [9.17, 15) is 5.11 Å². The molecule has 0 bridgehead atoms. The van der Waals surface area contributed by atoms with Crippen LogP contribution < -0.4 is 4.57 Å². The van der Waals surface area contributed by atoms with E-state index in [0.29, 0.717) is 5.75 Å². The molecular weight excluding hydrogens is 258 g/mol. The van der Waals surface area contributed by atoms with Crippen LogP contribution in [0.1, 0.15) is 16.8 Å². The van der Waals surface area contributed by atoms with Gasteiger partial charge >= 0.3 is 0 Å². The van der Waals surface area contributed by atoms with Crippen LogP contribution in [0.15, 0.2) is 54.6 Å². The first kappa shape index (κ1) is 13.4. The third-order valence-electron chi connectivity index (χ3n) is 3.70. The van der Waals surface area contributed by atoms with Crippen LogP contribution in [0.25, 0.3) is 23.1 Å². The molecule has 1 aromatic heterocycles. The third-order valence-corrected chi connectivity index (χ3v) is 3.70. The monoisotopic (exact) mass is 276 g/mol. The van der Waals surface area contributed by atoms with Crippen molar-refractivity contribution < 1.29 is 9.67 Å². The molecule has 2 heteroatoms. The molecule has 2 nitrogen and oxygen atoms in total. The largest absolute Gasteiger partial charge is 0.508 e. The fraction of sp³-hybridized carbons (Fsp3) is 0.105. The van der Waals surface area contributed by atoms with Gasteiger partial charge in [-0.05, 0) is 42.8 Å². The van der Waals surface area contributed by atoms with E-state index in [2.05, 4.69) is 61.0 Å². The van der Waals surface area contributed by atoms with Crippen molar-refractivity contribution in [3.63, 3.8) is 0 Å². The molecule has 1 heterocycles. The summed E-state index contributed by atoms with van der Waals surface area (Å²) in [5.74, 6) is 0.291. The summed E-state index contributed by atoms with van der Waals surface area (Å²) in [6.45, 7) is 2.11. The minimum atomic E-state index is 0.291. The number of hydrogen-bond acceptors (Lipinski definition) is 1. The average molecular weight is 276 g/mol. The maximum atomic E-state index is 9.30. The fourth-order valence-electron chi connectivity index (χ4n) is 2.47. The number of aromatic hydroxyl groups is 1. The van der Waals surface area contributed by atoms with Crippen LogP contribution in [0.3, 0.4) is 0 Å². The summed E-state index contributed by atoms with van der Waals surface area (Å²) >= 11 is 0. The molecule has 0 saturated carbocycles. The van der Waals surface area contributed by atoms with E-state index in [1.54, 1.807) is 12.1 Å². The van der Waals surface area contributed by atoms with Gasteiger partial charge in [-0.3, -0.25) is 0 Å². The molecule has 0 radical (unpaired) electrons. The maximum Gasteiger partial charge on any atom is 0.212 e. The highest BCUT2D eigenvalue weighted by Crippen LogP contribution is 2.15. The Morgan fingerprint density at radius 1 is 0.905 bits per heavy atom. The van der Waals surface area contributed by atoms with Crippen LogP contribution >= 0.6 is 0 Å². The first-order valence-corrected chi connectivity index (χ1v) is 7.00. The lowest BCUT2D eigenvalue weighted by atomic mass is 10.1. The highest BCUT2D eigenvalue weighted by Gasteiger charge is 2.08. The van der Waals surface area contributed by atoms with Crippen molar-refractivity contribution in [2.24, 2.45) is 7.05 Å². The number of phenolic OH excluding ortho intramolecular Hbond substituents is 1. The zero-order valence-electron chi connectivity index (χ0n) is 12.2. The first-order chi connectivity index (χ1) is 10.1. The molecule has 2 aromatic carbocycles. The average Bonchev–Trinajstić information content (AvgIpc) is 2.48. The van der Waals surface area contributed by atoms with Gasteiger partial charge in [0.15, 0.2) is 0 Å². The number of nitrogens with zero attached hydrogens (tertiary/aromatic N) is 1. The van der Waals surface area contributed by atoms with Gasteiger partial charge in [-0.1, -0.05) is 23.8 Å². The molecule has 0 atom stereocenters. The zero-order valence-corrected chi connectivity index (χ0v) is 12.2. The Balaban J connectivity index is 1.99. The molecule has 0 fully saturated rings. The topological polar surface area (TPSA) is 24.1 Å². The minimum absolute atomic E-state index is 0.291. The SMILES string of the molecule is Cc1ccc2c(ccc(/C=C/c3ccc(O)cc3)[n+]2C)c1. The summed E-state index contributed by atoms with van der Waals surface area (Å²) in [6, 6.07) is 18.0. The number of hydrogen-bond donors (Lipinski definition) is 1. The van der Waals surface area contributed by atoms with Gasteiger partial charge in [0.05, 0.1) is 0 Å². The van der Waals surface area contributed by atoms with Gasteiger partial charge in [-0.25, -0.2) is 0 Å². The van der Waals surface area contributed by atoms with Crippen LogP contribution in [0.4, 0.5) is 0 Å². The van der Waals surface area contributed by atoms with Crippen molar-refractivity contribution in [1.82, 2.24) is 0 Å². The van der Waals surface area contributed by atoms with E-state index >= 15 is 0 Å². The first-order valence-electron chi connectivity index (χ1n) is 7.00. The van der Waals surface area contributed by atoms with Crippen molar-refractivity contribution >= 4 is 23.1 Å². The molecule has 1 N–H and O–H groups in total. The van der Waals surface area contributed by atoms with E-state index in [-0.39, 0.29) is 0 Å². The second kappa shape index (κ2) is 5.41. The predicted octanol–water partition coefficient (Wildman–Crippen LogP) is 3.85. The number of phenols is 1. The summed E-state index contributed by atoms with van der Waals surface area (Å²) < 4.78 is 2.19. The van der Waals surface area contributed by atoms with Crippen molar-refractivity contribution in [2.75, 3.05) is 0 Å². The smallest absolute Gasteiger partial charge is 0.212 e. The van der Waals surface area contributed by atoms with E-state index in [1.165, 1.54) is 16.5 Å². The highest BCUT2D eigenvalue weighted by molar-refractivity contribution is 5.78. The zero-order chi connectivity index (χ0) is 14.8. The molecule has 0 saturated heterocycles. The van der Waals surface area contributed by atoms with E-state index in [0.717, 1.165) is 11.3 Å². The van der Waals surface area contributed by atoms with Crippen LogP contribution in [0, 0.1) is 6.92 Å². The number of fused-ring (bicyclic) bond motifs is 1. The Hall–Kier alpha value is -2.61. The molecule has 3 rings (SSSR count). The van der Waals surface area contributed by atoms with E-state index in [4.69, 9.17) is 0 Å². The molecule has 3 aromatic rings. The molecule has 104 valence electrons. The van der Waals surface area contributed by atoms with Crippen molar-refractivity contribution in [1.29, 1.82) is 0 Å². The second-order valence-corrected chi connectivity index (χ2v) is 5.30. The number of pyridine rings is 1. The molecule has 0 aliphatic heterocycles. The van der Waals surface area contributed by atoms with Crippen molar-refractivity contribution in [3.8, 4) is 5.75 Å². The molecule has 0 aliphatic rings. The Kier molecular flexibility index (Phi) is 3.44. The number of rotatable bonds is 2. The highest BCUT2D eigenvalue weighted by atomic mass is 16.3. The van der Waals surface area contributed by atoms with Crippen molar-refractivity contribution in [2.45, 2.75) is 6.92 Å². The van der Waals surface area contributed by atoms with Gasteiger partial charge in [0.2, 0.25) is 11.2 Å². The van der Waals surface area contributed by atoms with Gasteiger partial charge in [-0.15, -0.1) is 0 Å². The summed E-state index contributed by atoms with van der Waals surface area (Å²) in [5.41, 5.74) is 4.69. The maximum absolute atomic E-state index is 9.30. The summed E-state index contributed by atoms with van der Waals surface area (Å²) in [4.78, 5) is 0. The Morgan fingerprint density at radius 3 is 2.43 bits per heavy atom. The molecular formula is C19H18NO+. The van der Waals surface area contributed by atoms with Crippen LogP contribution in [-0.4, -0.2) is 5.11 Å². The Labute approximate surface area is 124 Å². The van der Waals surface area contributed by atoms with Crippen molar-refractivity contribution in [3.05, 3.63) is 71.4 Å². The normalized spacial score (nSPS) is 11.3. The Bertz CT molecular complexity index is 817. The molecule has 21 heavy (non-hydrogen) atoms. The number of aryl methyl sites for hydroxylation is 2. The van der Waals surface area contributed by atoms with Gasteiger partial charge in [-0.2, -0.15) is 4.57 Å². The van der Waals surface area contributed by atoms with Gasteiger partial charge < -0.3 is 5.11 Å². The fourth-order valence-corrected chi connectivity index (χ4v) is 2.47. The summed E-state index contributed by atoms with van der Waals surface area (Å²) in [7, 11) is 2.08.